The van der Waals surface area contributed by atoms with Gasteiger partial charge in [-0.25, -0.2) is 4.79 Å². The summed E-state index contributed by atoms with van der Waals surface area (Å²) in [7, 11) is 2.03. The highest BCUT2D eigenvalue weighted by molar-refractivity contribution is 5.98. The van der Waals surface area contributed by atoms with Gasteiger partial charge in [-0.3, -0.25) is 14.8 Å². The van der Waals surface area contributed by atoms with Gasteiger partial charge in [0.1, 0.15) is 5.69 Å². The first-order valence-corrected chi connectivity index (χ1v) is 9.58. The van der Waals surface area contributed by atoms with E-state index in [1.807, 2.05) is 19.2 Å². The third-order valence-electron chi connectivity index (χ3n) is 5.12. The predicted molar refractivity (Wildman–Crippen MR) is 106 cm³/mol. The van der Waals surface area contributed by atoms with Crippen LogP contribution in [0.25, 0.3) is 0 Å². The number of rotatable bonds is 4. The van der Waals surface area contributed by atoms with Crippen LogP contribution in [-0.4, -0.2) is 29.4 Å². The Morgan fingerprint density at radius 3 is 2.90 bits per heavy atom. The van der Waals surface area contributed by atoms with Crippen LogP contribution < -0.4 is 20.2 Å². The van der Waals surface area contributed by atoms with Gasteiger partial charge in [-0.05, 0) is 41.3 Å². The molecule has 0 spiro atoms. The first kappa shape index (κ1) is 20.6. The predicted octanol–water partition coefficient (Wildman–Crippen LogP) is 3.47. The molecule has 1 aliphatic rings. The van der Waals surface area contributed by atoms with Crippen molar-refractivity contribution in [1.82, 2.24) is 10.3 Å². The number of carbonyl (C=O) groups excluding carboxylic acids is 1. The van der Waals surface area contributed by atoms with E-state index < -0.39 is 17.9 Å². The van der Waals surface area contributed by atoms with Crippen LogP contribution in [0.5, 0.6) is 0 Å². The van der Waals surface area contributed by atoms with E-state index in [9.17, 15) is 18.0 Å². The van der Waals surface area contributed by atoms with Crippen molar-refractivity contribution in [2.75, 3.05) is 22.6 Å². The monoisotopic (exact) mass is 433 g/mol. The lowest BCUT2D eigenvalue weighted by molar-refractivity contribution is -0.763. The van der Waals surface area contributed by atoms with Gasteiger partial charge in [-0.1, -0.05) is 18.2 Å². The highest BCUT2D eigenvalue weighted by atomic mass is 19.4. The van der Waals surface area contributed by atoms with Gasteiger partial charge in [0.05, 0.1) is 6.04 Å². The number of benzene rings is 1. The molecular formula is C20H20F3N6O2+. The molecule has 8 nitrogen and oxygen atoms in total. The zero-order chi connectivity index (χ0) is 22.0. The smallest absolute Gasteiger partial charge is 0.365 e. The third kappa shape index (κ3) is 4.76. The van der Waals surface area contributed by atoms with Crippen LogP contribution in [0.2, 0.25) is 0 Å². The molecule has 31 heavy (non-hydrogen) atoms. The molecule has 4 rings (SSSR count). The Bertz CT molecular complexity index is 1080. The summed E-state index contributed by atoms with van der Waals surface area (Å²) in [6.07, 6.45) is -0.193. The van der Waals surface area contributed by atoms with Crippen LogP contribution >= 0.6 is 0 Å². The highest BCUT2D eigenvalue weighted by Crippen LogP contribution is 2.30. The molecule has 3 heterocycles. The molecule has 0 saturated carbocycles. The number of likely N-dealkylation sites (N-methyl/N-ethyl adjacent to an activating group) is 1. The van der Waals surface area contributed by atoms with Gasteiger partial charge >= 0.3 is 18.1 Å². The fourth-order valence-electron chi connectivity index (χ4n) is 3.57. The number of amides is 2. The van der Waals surface area contributed by atoms with Crippen molar-refractivity contribution in [1.29, 1.82) is 0 Å². The Labute approximate surface area is 175 Å². The van der Waals surface area contributed by atoms with Crippen molar-refractivity contribution < 1.29 is 27.2 Å². The van der Waals surface area contributed by atoms with Gasteiger partial charge in [0.25, 0.3) is 6.20 Å². The number of anilines is 3. The van der Waals surface area contributed by atoms with Gasteiger partial charge < -0.3 is 10.2 Å². The molecule has 1 aliphatic heterocycles. The summed E-state index contributed by atoms with van der Waals surface area (Å²) in [5.41, 5.74) is 1.34. The number of carbonyl (C=O) groups is 1. The first-order chi connectivity index (χ1) is 14.8. The quantitative estimate of drug-likeness (QED) is 0.616. The lowest BCUT2D eigenvalue weighted by atomic mass is 9.96. The summed E-state index contributed by atoms with van der Waals surface area (Å²) < 4.78 is 44.9. The molecule has 0 bridgehead atoms. The molecule has 2 N–H and O–H groups in total. The normalized spacial score (nSPS) is 16.0. The van der Waals surface area contributed by atoms with Crippen LogP contribution in [-0.2, 0) is 19.1 Å². The van der Waals surface area contributed by atoms with Crippen molar-refractivity contribution in [2.24, 2.45) is 0 Å². The molecule has 0 saturated heterocycles. The second-order valence-electron chi connectivity index (χ2n) is 7.23. The number of fused-ring (bicyclic) bond motifs is 1. The molecule has 0 unspecified atom stereocenters. The van der Waals surface area contributed by atoms with Crippen LogP contribution in [0, 0.1) is 0 Å². The summed E-state index contributed by atoms with van der Waals surface area (Å²) in [5, 5.41) is 8.66. The van der Waals surface area contributed by atoms with Crippen molar-refractivity contribution in [2.45, 2.75) is 31.6 Å². The molecule has 0 radical (unpaired) electrons. The maximum Gasteiger partial charge on any atom is 0.433 e. The zero-order valence-corrected chi connectivity index (χ0v) is 16.6. The molecule has 0 fully saturated rings. The van der Waals surface area contributed by atoms with Crippen molar-refractivity contribution in [3.8, 4) is 0 Å². The van der Waals surface area contributed by atoms with Crippen molar-refractivity contribution in [3.63, 3.8) is 0 Å². The van der Waals surface area contributed by atoms with Crippen LogP contribution in [0.4, 0.5) is 35.2 Å². The minimum atomic E-state index is -4.60. The van der Waals surface area contributed by atoms with E-state index in [4.69, 9.17) is 4.52 Å². The lowest BCUT2D eigenvalue weighted by Gasteiger charge is -2.33. The Hall–Kier alpha value is -3.63. The van der Waals surface area contributed by atoms with Crippen molar-refractivity contribution in [3.05, 3.63) is 60.0 Å². The van der Waals surface area contributed by atoms with E-state index in [2.05, 4.69) is 37.9 Å². The topological polar surface area (TPSA) is 87.2 Å². The number of hydrogen-bond acceptors (Lipinski definition) is 5. The fraction of sp³-hybridized carbons (Fsp3) is 0.300. The minimum Gasteiger partial charge on any atom is -0.365 e. The maximum atomic E-state index is 12.7. The molecule has 162 valence electrons. The summed E-state index contributed by atoms with van der Waals surface area (Å²) in [5.74, 6) is 0.0708. The number of aromatic nitrogens is 3. The number of urea groups is 1. The summed E-state index contributed by atoms with van der Waals surface area (Å²) in [6, 6.07) is 9.67. The van der Waals surface area contributed by atoms with Crippen LogP contribution in [0.3, 0.4) is 0 Å². The Kier molecular flexibility index (Phi) is 5.49. The van der Waals surface area contributed by atoms with E-state index in [0.29, 0.717) is 6.54 Å². The van der Waals surface area contributed by atoms with E-state index in [1.54, 1.807) is 4.68 Å². The fourth-order valence-corrected chi connectivity index (χ4v) is 3.57. The number of nitrogens with zero attached hydrogens (tertiary/aromatic N) is 4. The van der Waals surface area contributed by atoms with E-state index in [0.717, 1.165) is 25.1 Å². The van der Waals surface area contributed by atoms with E-state index >= 15 is 0 Å². The van der Waals surface area contributed by atoms with Gasteiger partial charge in [-0.2, -0.15) is 13.2 Å². The number of alkyl halides is 3. The van der Waals surface area contributed by atoms with Gasteiger partial charge in [0.2, 0.25) is 5.27 Å². The van der Waals surface area contributed by atoms with Gasteiger partial charge in [0.15, 0.2) is 6.54 Å². The number of hydrogen-bond donors (Lipinski definition) is 2. The number of nitrogens with one attached hydrogen (secondary N) is 2. The van der Waals surface area contributed by atoms with Gasteiger partial charge in [0, 0.05) is 24.6 Å². The number of pyridine rings is 1. The summed E-state index contributed by atoms with van der Waals surface area (Å²) in [4.78, 5) is 17.5. The molecule has 0 aliphatic carbocycles. The first-order valence-electron chi connectivity index (χ1n) is 9.58. The van der Waals surface area contributed by atoms with Crippen LogP contribution in [0.15, 0.2) is 53.3 Å². The summed E-state index contributed by atoms with van der Waals surface area (Å²) >= 11 is 0. The minimum absolute atomic E-state index is 0.0466. The van der Waals surface area contributed by atoms with Crippen molar-refractivity contribution >= 4 is 23.3 Å². The molecular weight excluding hydrogens is 413 g/mol. The van der Waals surface area contributed by atoms with E-state index in [-0.39, 0.29) is 17.6 Å². The Morgan fingerprint density at radius 2 is 2.10 bits per heavy atom. The van der Waals surface area contributed by atoms with Crippen LogP contribution in [0.1, 0.15) is 17.7 Å². The SMILES string of the molecule is CN1c2ccccc2CC[C@@H]1C[n+]1cc(NC(=O)Nc2ccnc(C(F)(F)F)c2)on1. The second kappa shape index (κ2) is 8.25. The molecule has 2 amide bonds. The maximum absolute atomic E-state index is 12.7. The zero-order valence-electron chi connectivity index (χ0n) is 16.6. The highest BCUT2D eigenvalue weighted by Gasteiger charge is 2.32. The second-order valence-corrected chi connectivity index (χ2v) is 7.23. The number of para-hydroxylation sites is 1. The molecule has 2 aromatic heterocycles. The van der Waals surface area contributed by atoms with Gasteiger partial charge in [-0.15, -0.1) is 0 Å². The molecule has 1 aromatic carbocycles. The molecule has 3 aromatic rings. The lowest BCUT2D eigenvalue weighted by Crippen LogP contribution is -2.49. The number of halogens is 3. The standard InChI is InChI=1S/C20H19F3N6O2/c1-28-15(7-6-13-4-2-3-5-16(13)28)11-29-12-18(31-27-29)26-19(30)25-14-8-9-24-17(10-14)20(21,22)23/h2-5,8-10,12,15H,6-7,11H2,1H3,(H-,24,25,26,27,30)/p+1/t15-/m1/s1. The average Bonchev–Trinajstić information content (AvgIpc) is 3.16. The molecule has 1 atom stereocenters. The number of aryl methyl sites for hydroxylation is 1. The Balaban J connectivity index is 1.36. The van der Waals surface area contributed by atoms with E-state index in [1.165, 1.54) is 23.5 Å². The average molecular weight is 433 g/mol. The summed E-state index contributed by atoms with van der Waals surface area (Å²) in [6.45, 7) is 0.553. The third-order valence-corrected chi connectivity index (χ3v) is 5.12. The largest absolute Gasteiger partial charge is 0.433 e. The molecule has 11 heteroatoms. The Morgan fingerprint density at radius 1 is 1.29 bits per heavy atom.